The first-order valence-corrected chi connectivity index (χ1v) is 11.0. The van der Waals surface area contributed by atoms with Gasteiger partial charge in [-0.2, -0.15) is 0 Å². The van der Waals surface area contributed by atoms with Crippen molar-refractivity contribution in [2.75, 3.05) is 0 Å². The van der Waals surface area contributed by atoms with Crippen LogP contribution in [0.15, 0.2) is 72.3 Å². The molecule has 2 aromatic rings. The van der Waals surface area contributed by atoms with Crippen molar-refractivity contribution in [3.05, 3.63) is 94.6 Å². The van der Waals surface area contributed by atoms with Gasteiger partial charge in [0.1, 0.15) is 0 Å². The van der Waals surface area contributed by atoms with Gasteiger partial charge < -0.3 is 10.8 Å². The maximum atomic E-state index is 10.6. The molecule has 0 unspecified atom stereocenters. The number of allylic oxidation sites excluding steroid dienone is 3. The van der Waals surface area contributed by atoms with Crippen LogP contribution in [-0.4, -0.2) is 11.2 Å². The summed E-state index contributed by atoms with van der Waals surface area (Å²) in [6.45, 7) is 2.74. The van der Waals surface area contributed by atoms with Crippen molar-refractivity contribution in [1.82, 2.24) is 0 Å². The molecule has 0 saturated heterocycles. The van der Waals surface area contributed by atoms with E-state index in [9.17, 15) is 5.11 Å². The molecule has 2 heteroatoms. The normalized spacial score (nSPS) is 26.1. The van der Waals surface area contributed by atoms with Gasteiger partial charge in [-0.1, -0.05) is 77.9 Å². The predicted octanol–water partition coefficient (Wildman–Crippen LogP) is 5.13. The number of aliphatic hydroxyl groups is 1. The standard InChI is InChI=1S/C27H33NO/c1-19-5-4-7-20(13-19)6-2-3-8-25-26-16-23(15-24(26)17-27(25)29)14-21-9-11-22(18-28)12-10-21/h3-5,7-13,15,24-27,29H,2,6,14,16-18,28H2,1H3/b8-3+/t24-,25+,26-,27+/m0/s1. The van der Waals surface area contributed by atoms with E-state index < -0.39 is 0 Å². The summed E-state index contributed by atoms with van der Waals surface area (Å²) in [5.41, 5.74) is 12.5. The van der Waals surface area contributed by atoms with Crippen molar-refractivity contribution < 1.29 is 5.11 Å². The van der Waals surface area contributed by atoms with Crippen molar-refractivity contribution in [2.45, 2.75) is 51.7 Å². The van der Waals surface area contributed by atoms with Gasteiger partial charge in [-0.05, 0) is 67.6 Å². The second-order valence-electron chi connectivity index (χ2n) is 8.89. The van der Waals surface area contributed by atoms with Gasteiger partial charge in [0, 0.05) is 12.5 Å². The molecule has 1 fully saturated rings. The van der Waals surface area contributed by atoms with Crippen molar-refractivity contribution in [1.29, 1.82) is 0 Å². The van der Waals surface area contributed by atoms with Crippen LogP contribution in [0, 0.1) is 24.7 Å². The van der Waals surface area contributed by atoms with Crippen molar-refractivity contribution in [3.8, 4) is 0 Å². The van der Waals surface area contributed by atoms with E-state index >= 15 is 0 Å². The monoisotopic (exact) mass is 387 g/mol. The number of aliphatic hydroxyl groups excluding tert-OH is 1. The SMILES string of the molecule is Cc1cccc(CC/C=C/[C@@H]2[C@H]3CC(Cc4ccc(CN)cc4)=C[C@H]3C[C@H]2O)c1. The van der Waals surface area contributed by atoms with E-state index in [4.69, 9.17) is 5.73 Å². The van der Waals surface area contributed by atoms with Gasteiger partial charge >= 0.3 is 0 Å². The average Bonchev–Trinajstić information content (AvgIpc) is 3.22. The number of hydrogen-bond acceptors (Lipinski definition) is 2. The molecule has 4 rings (SSSR count). The summed E-state index contributed by atoms with van der Waals surface area (Å²) in [4.78, 5) is 0. The van der Waals surface area contributed by atoms with Gasteiger partial charge in [-0.25, -0.2) is 0 Å². The second-order valence-corrected chi connectivity index (χ2v) is 8.89. The van der Waals surface area contributed by atoms with Crippen LogP contribution in [0.5, 0.6) is 0 Å². The Morgan fingerprint density at radius 1 is 1.07 bits per heavy atom. The molecule has 3 N–H and O–H groups in total. The van der Waals surface area contributed by atoms with E-state index in [2.05, 4.69) is 73.7 Å². The Morgan fingerprint density at radius 3 is 2.62 bits per heavy atom. The minimum atomic E-state index is -0.193. The molecule has 0 aliphatic heterocycles. The Bertz CT molecular complexity index is 880. The third-order valence-corrected chi connectivity index (χ3v) is 6.68. The number of hydrogen-bond donors (Lipinski definition) is 2. The molecule has 29 heavy (non-hydrogen) atoms. The Morgan fingerprint density at radius 2 is 1.86 bits per heavy atom. The first kappa shape index (κ1) is 20.1. The number of fused-ring (bicyclic) bond motifs is 1. The van der Waals surface area contributed by atoms with Crippen molar-refractivity contribution in [2.24, 2.45) is 23.5 Å². The molecule has 152 valence electrons. The zero-order valence-corrected chi connectivity index (χ0v) is 17.4. The lowest BCUT2D eigenvalue weighted by atomic mass is 9.88. The number of nitrogens with two attached hydrogens (primary N) is 1. The second kappa shape index (κ2) is 9.11. The van der Waals surface area contributed by atoms with Gasteiger partial charge in [0.25, 0.3) is 0 Å². The fourth-order valence-corrected chi connectivity index (χ4v) is 5.16. The lowest BCUT2D eigenvalue weighted by molar-refractivity contribution is 0.141. The summed E-state index contributed by atoms with van der Waals surface area (Å²) in [7, 11) is 0. The van der Waals surface area contributed by atoms with E-state index in [1.165, 1.54) is 27.8 Å². The zero-order chi connectivity index (χ0) is 20.2. The fraction of sp³-hybridized carbons (Fsp3) is 0.407. The molecule has 2 aromatic carbocycles. The Balaban J connectivity index is 1.32. The van der Waals surface area contributed by atoms with Crippen LogP contribution in [0.1, 0.15) is 41.5 Å². The molecule has 0 radical (unpaired) electrons. The Hall–Kier alpha value is -2.16. The van der Waals surface area contributed by atoms with Crippen LogP contribution in [0.25, 0.3) is 0 Å². The van der Waals surface area contributed by atoms with Crippen molar-refractivity contribution in [3.63, 3.8) is 0 Å². The lowest BCUT2D eigenvalue weighted by Crippen LogP contribution is -2.17. The summed E-state index contributed by atoms with van der Waals surface area (Å²) >= 11 is 0. The molecule has 2 aliphatic rings. The summed E-state index contributed by atoms with van der Waals surface area (Å²) in [5.74, 6) is 1.40. The zero-order valence-electron chi connectivity index (χ0n) is 17.4. The summed E-state index contributed by atoms with van der Waals surface area (Å²) in [6.07, 6.45) is 12.0. The fourth-order valence-electron chi connectivity index (χ4n) is 5.16. The number of benzene rings is 2. The maximum absolute atomic E-state index is 10.6. The minimum absolute atomic E-state index is 0.193. The van der Waals surface area contributed by atoms with Crippen LogP contribution >= 0.6 is 0 Å². The summed E-state index contributed by atoms with van der Waals surface area (Å²) in [6, 6.07) is 17.4. The highest BCUT2D eigenvalue weighted by Crippen LogP contribution is 2.47. The first-order chi connectivity index (χ1) is 14.1. The van der Waals surface area contributed by atoms with Crippen molar-refractivity contribution >= 4 is 0 Å². The molecule has 1 saturated carbocycles. The summed E-state index contributed by atoms with van der Waals surface area (Å²) < 4.78 is 0. The van der Waals surface area contributed by atoms with Gasteiger partial charge in [-0.15, -0.1) is 0 Å². The molecule has 0 spiro atoms. The molecule has 2 nitrogen and oxygen atoms in total. The molecule has 0 heterocycles. The average molecular weight is 388 g/mol. The highest BCUT2D eigenvalue weighted by molar-refractivity contribution is 5.30. The lowest BCUT2D eigenvalue weighted by Gasteiger charge is -2.18. The first-order valence-electron chi connectivity index (χ1n) is 11.0. The molecular formula is C27H33NO. The van der Waals surface area contributed by atoms with Crippen LogP contribution in [0.2, 0.25) is 0 Å². The molecule has 2 aliphatic carbocycles. The molecule has 0 aromatic heterocycles. The van der Waals surface area contributed by atoms with Gasteiger partial charge in [0.05, 0.1) is 6.10 Å². The largest absolute Gasteiger partial charge is 0.392 e. The van der Waals surface area contributed by atoms with E-state index in [0.29, 0.717) is 24.3 Å². The predicted molar refractivity (Wildman–Crippen MR) is 120 cm³/mol. The summed E-state index contributed by atoms with van der Waals surface area (Å²) in [5, 5.41) is 10.6. The molecule has 0 bridgehead atoms. The van der Waals surface area contributed by atoms with Crippen LogP contribution in [-0.2, 0) is 19.4 Å². The highest BCUT2D eigenvalue weighted by Gasteiger charge is 2.43. The number of aryl methyl sites for hydroxylation is 2. The minimum Gasteiger partial charge on any atom is -0.392 e. The number of rotatable bonds is 7. The van der Waals surface area contributed by atoms with Crippen LogP contribution in [0.3, 0.4) is 0 Å². The van der Waals surface area contributed by atoms with Crippen LogP contribution < -0.4 is 5.73 Å². The third kappa shape index (κ3) is 4.88. The van der Waals surface area contributed by atoms with Gasteiger partial charge in [-0.3, -0.25) is 0 Å². The van der Waals surface area contributed by atoms with E-state index in [1.54, 1.807) is 0 Å². The van der Waals surface area contributed by atoms with E-state index in [-0.39, 0.29) is 6.10 Å². The molecular weight excluding hydrogens is 354 g/mol. The molecule has 4 atom stereocenters. The van der Waals surface area contributed by atoms with Crippen LogP contribution in [0.4, 0.5) is 0 Å². The maximum Gasteiger partial charge on any atom is 0.0611 e. The Labute approximate surface area is 175 Å². The molecule has 0 amide bonds. The quantitative estimate of drug-likeness (QED) is 0.647. The topological polar surface area (TPSA) is 46.2 Å². The van der Waals surface area contributed by atoms with E-state index in [0.717, 1.165) is 32.1 Å². The van der Waals surface area contributed by atoms with Gasteiger partial charge in [0.2, 0.25) is 0 Å². The van der Waals surface area contributed by atoms with Gasteiger partial charge in [0.15, 0.2) is 0 Å². The smallest absolute Gasteiger partial charge is 0.0611 e. The van der Waals surface area contributed by atoms with E-state index in [1.807, 2.05) is 0 Å². The third-order valence-electron chi connectivity index (χ3n) is 6.68. The Kier molecular flexibility index (Phi) is 6.32. The highest BCUT2D eigenvalue weighted by atomic mass is 16.3.